The van der Waals surface area contributed by atoms with E-state index in [1.807, 2.05) is 0 Å². The van der Waals surface area contributed by atoms with E-state index in [0.29, 0.717) is 12.5 Å². The van der Waals surface area contributed by atoms with E-state index in [2.05, 4.69) is 19.2 Å². The average molecular weight is 268 g/mol. The second-order valence-corrected chi connectivity index (χ2v) is 6.60. The van der Waals surface area contributed by atoms with Crippen molar-refractivity contribution < 1.29 is 14.7 Å². The third-order valence-electron chi connectivity index (χ3n) is 4.34. The Bertz CT molecular complexity index is 364. The third kappa shape index (κ3) is 3.85. The highest BCUT2D eigenvalue weighted by Crippen LogP contribution is 2.37. The van der Waals surface area contributed by atoms with Crippen molar-refractivity contribution in [2.75, 3.05) is 13.1 Å². The number of nitrogens with zero attached hydrogens (tertiary/aromatic N) is 1. The summed E-state index contributed by atoms with van der Waals surface area (Å²) >= 11 is 0. The summed E-state index contributed by atoms with van der Waals surface area (Å²) < 4.78 is 0. The number of nitrogens with one attached hydrogen (secondary N) is 1. The van der Waals surface area contributed by atoms with E-state index in [-0.39, 0.29) is 24.0 Å². The lowest BCUT2D eigenvalue weighted by Crippen LogP contribution is -2.50. The summed E-state index contributed by atoms with van der Waals surface area (Å²) in [6.45, 7) is 4.70. The lowest BCUT2D eigenvalue weighted by molar-refractivity contribution is -0.137. The number of amides is 2. The number of carboxylic acid groups (broad SMARTS) is 1. The molecule has 108 valence electrons. The van der Waals surface area contributed by atoms with E-state index in [0.717, 1.165) is 32.1 Å². The Labute approximate surface area is 114 Å². The molecule has 0 bridgehead atoms. The van der Waals surface area contributed by atoms with Crippen LogP contribution in [0.3, 0.4) is 0 Å². The van der Waals surface area contributed by atoms with Crippen LogP contribution in [0.25, 0.3) is 0 Å². The van der Waals surface area contributed by atoms with E-state index in [1.54, 1.807) is 0 Å². The zero-order chi connectivity index (χ0) is 14.0. The van der Waals surface area contributed by atoms with Crippen molar-refractivity contribution in [1.29, 1.82) is 0 Å². The second-order valence-electron chi connectivity index (χ2n) is 6.60. The minimum absolute atomic E-state index is 0.115. The summed E-state index contributed by atoms with van der Waals surface area (Å²) in [5.41, 5.74) is 0.115. The summed E-state index contributed by atoms with van der Waals surface area (Å²) in [5.74, 6) is -0.442. The Morgan fingerprint density at radius 1 is 1.32 bits per heavy atom. The van der Waals surface area contributed by atoms with Gasteiger partial charge in [-0.1, -0.05) is 20.3 Å². The Hall–Kier alpha value is -1.26. The van der Waals surface area contributed by atoms with Gasteiger partial charge in [-0.15, -0.1) is 0 Å². The number of rotatable bonds is 5. The van der Waals surface area contributed by atoms with Gasteiger partial charge >= 0.3 is 12.0 Å². The van der Waals surface area contributed by atoms with Crippen molar-refractivity contribution in [2.24, 2.45) is 11.3 Å². The molecule has 0 aliphatic heterocycles. The highest BCUT2D eigenvalue weighted by molar-refractivity contribution is 5.80. The first kappa shape index (κ1) is 14.2. The maximum Gasteiger partial charge on any atom is 0.323 e. The summed E-state index contributed by atoms with van der Waals surface area (Å²) in [6.07, 6.45) is 5.44. The first-order valence-corrected chi connectivity index (χ1v) is 7.16. The molecule has 5 nitrogen and oxygen atoms in total. The minimum Gasteiger partial charge on any atom is -0.480 e. The molecule has 0 aromatic heterocycles. The van der Waals surface area contributed by atoms with E-state index in [9.17, 15) is 9.59 Å². The average Bonchev–Trinajstić information content (AvgIpc) is 3.04. The van der Waals surface area contributed by atoms with Crippen molar-refractivity contribution in [1.82, 2.24) is 10.2 Å². The molecule has 0 saturated heterocycles. The smallest absolute Gasteiger partial charge is 0.323 e. The number of carbonyl (C=O) groups excluding carboxylic acids is 1. The van der Waals surface area contributed by atoms with Gasteiger partial charge in [0.15, 0.2) is 0 Å². The van der Waals surface area contributed by atoms with E-state index >= 15 is 0 Å². The molecule has 1 atom stereocenters. The van der Waals surface area contributed by atoms with E-state index in [1.165, 1.54) is 4.90 Å². The SMILES string of the molecule is CC1(C)CCCC1NC(=O)N(CC(=O)O)CC1CC1. The van der Waals surface area contributed by atoms with Gasteiger partial charge in [-0.25, -0.2) is 4.79 Å². The molecule has 0 spiro atoms. The van der Waals surface area contributed by atoms with Crippen LogP contribution >= 0.6 is 0 Å². The summed E-state index contributed by atoms with van der Waals surface area (Å²) in [7, 11) is 0. The predicted octanol–water partition coefficient (Wildman–Crippen LogP) is 2.07. The maximum atomic E-state index is 12.2. The third-order valence-corrected chi connectivity index (χ3v) is 4.34. The van der Waals surface area contributed by atoms with Crippen molar-refractivity contribution in [3.63, 3.8) is 0 Å². The first-order valence-electron chi connectivity index (χ1n) is 7.16. The molecule has 1 unspecified atom stereocenters. The molecular weight excluding hydrogens is 244 g/mol. The largest absolute Gasteiger partial charge is 0.480 e. The van der Waals surface area contributed by atoms with Crippen LogP contribution in [0.4, 0.5) is 4.79 Å². The van der Waals surface area contributed by atoms with Gasteiger partial charge in [-0.3, -0.25) is 4.79 Å². The van der Waals surface area contributed by atoms with E-state index in [4.69, 9.17) is 5.11 Å². The van der Waals surface area contributed by atoms with Crippen molar-refractivity contribution in [3.8, 4) is 0 Å². The van der Waals surface area contributed by atoms with Crippen LogP contribution in [-0.4, -0.2) is 41.1 Å². The topological polar surface area (TPSA) is 69.6 Å². The Morgan fingerprint density at radius 3 is 2.47 bits per heavy atom. The fourth-order valence-corrected chi connectivity index (χ4v) is 2.83. The minimum atomic E-state index is -0.943. The molecule has 2 N–H and O–H groups in total. The Balaban J connectivity index is 1.92. The Morgan fingerprint density at radius 2 is 2.00 bits per heavy atom. The summed E-state index contributed by atoms with van der Waals surface area (Å²) in [6, 6.07) is -0.0511. The predicted molar refractivity (Wildman–Crippen MR) is 71.9 cm³/mol. The van der Waals surface area contributed by atoms with Gasteiger partial charge in [0.25, 0.3) is 0 Å². The van der Waals surface area contributed by atoms with Crippen LogP contribution in [0, 0.1) is 11.3 Å². The maximum absolute atomic E-state index is 12.2. The zero-order valence-electron chi connectivity index (χ0n) is 11.8. The van der Waals surface area contributed by atoms with Crippen LogP contribution in [0.5, 0.6) is 0 Å². The highest BCUT2D eigenvalue weighted by atomic mass is 16.4. The zero-order valence-corrected chi connectivity index (χ0v) is 11.8. The van der Waals surface area contributed by atoms with Gasteiger partial charge in [-0.05, 0) is 37.0 Å². The fraction of sp³-hybridized carbons (Fsp3) is 0.857. The molecule has 2 aliphatic carbocycles. The molecule has 0 heterocycles. The normalized spacial score (nSPS) is 25.1. The van der Waals surface area contributed by atoms with Gasteiger partial charge in [0.1, 0.15) is 6.54 Å². The molecule has 0 aromatic rings. The van der Waals surface area contributed by atoms with Crippen LogP contribution in [0.15, 0.2) is 0 Å². The number of urea groups is 1. The molecule has 5 heteroatoms. The quantitative estimate of drug-likeness (QED) is 0.802. The van der Waals surface area contributed by atoms with Gasteiger partial charge in [-0.2, -0.15) is 0 Å². The molecule has 2 rings (SSSR count). The molecular formula is C14H24N2O3. The van der Waals surface area contributed by atoms with Crippen LogP contribution in [-0.2, 0) is 4.79 Å². The van der Waals surface area contributed by atoms with Crippen LogP contribution in [0.2, 0.25) is 0 Å². The number of carboxylic acids is 1. The lowest BCUT2D eigenvalue weighted by Gasteiger charge is -2.30. The number of carbonyl (C=O) groups is 2. The van der Waals surface area contributed by atoms with Gasteiger partial charge in [0, 0.05) is 12.6 Å². The molecule has 0 radical (unpaired) electrons. The summed E-state index contributed by atoms with van der Waals surface area (Å²) in [4.78, 5) is 24.5. The van der Waals surface area contributed by atoms with Crippen molar-refractivity contribution >= 4 is 12.0 Å². The standard InChI is InChI=1S/C14H24N2O3/c1-14(2)7-3-4-11(14)15-13(19)16(9-12(17)18)8-10-5-6-10/h10-11H,3-9H2,1-2H3,(H,15,19)(H,17,18). The van der Waals surface area contributed by atoms with Gasteiger partial charge < -0.3 is 15.3 Å². The van der Waals surface area contributed by atoms with Crippen LogP contribution < -0.4 is 5.32 Å². The van der Waals surface area contributed by atoms with Crippen molar-refractivity contribution in [3.05, 3.63) is 0 Å². The molecule has 2 aliphatic rings. The van der Waals surface area contributed by atoms with E-state index < -0.39 is 5.97 Å². The Kier molecular flexibility index (Phi) is 4.02. The molecule has 0 aromatic carbocycles. The molecule has 2 fully saturated rings. The first-order chi connectivity index (χ1) is 8.88. The number of hydrogen-bond acceptors (Lipinski definition) is 2. The molecule has 2 saturated carbocycles. The molecule has 2 amide bonds. The lowest BCUT2D eigenvalue weighted by atomic mass is 9.87. The van der Waals surface area contributed by atoms with Gasteiger partial charge in [0.05, 0.1) is 0 Å². The monoisotopic (exact) mass is 268 g/mol. The second kappa shape index (κ2) is 5.39. The van der Waals surface area contributed by atoms with Gasteiger partial charge in [0.2, 0.25) is 0 Å². The van der Waals surface area contributed by atoms with Crippen molar-refractivity contribution in [2.45, 2.75) is 52.0 Å². The number of aliphatic carboxylic acids is 1. The highest BCUT2D eigenvalue weighted by Gasteiger charge is 2.37. The number of hydrogen-bond donors (Lipinski definition) is 2. The summed E-state index contributed by atoms with van der Waals surface area (Å²) in [5, 5.41) is 11.9. The fourth-order valence-electron chi connectivity index (χ4n) is 2.83. The molecule has 19 heavy (non-hydrogen) atoms. The van der Waals surface area contributed by atoms with Crippen LogP contribution in [0.1, 0.15) is 46.0 Å².